The van der Waals surface area contributed by atoms with Crippen LogP contribution in [0.15, 0.2) is 54.6 Å². The van der Waals surface area contributed by atoms with Gasteiger partial charge >= 0.3 is 0 Å². The molecule has 1 atom stereocenters. The Morgan fingerprint density at radius 3 is 2.44 bits per heavy atom. The molecule has 1 N–H and O–H groups in total. The molecule has 128 valence electrons. The third-order valence-electron chi connectivity index (χ3n) is 3.45. The molecule has 0 bridgehead atoms. The molecule has 1 amide bonds. The van der Waals surface area contributed by atoms with Crippen molar-refractivity contribution in [2.75, 3.05) is 12.4 Å². The van der Waals surface area contributed by atoms with Gasteiger partial charge in [0.25, 0.3) is 11.9 Å². The number of tetrazole rings is 1. The van der Waals surface area contributed by atoms with Crippen molar-refractivity contribution in [2.45, 2.75) is 13.0 Å². The molecule has 1 heterocycles. The minimum atomic E-state index is -0.727. The number of nitrogens with one attached hydrogen (secondary N) is 1. The molecule has 3 aromatic rings. The molecule has 0 aliphatic carbocycles. The maximum Gasteiger partial charge on any atom is 0.267 e. The van der Waals surface area contributed by atoms with Crippen LogP contribution in [0.3, 0.4) is 0 Å². The molecule has 25 heavy (non-hydrogen) atoms. The largest absolute Gasteiger partial charge is 0.497 e. The molecular formula is C17H17N5O3. The zero-order valence-electron chi connectivity index (χ0n) is 13.8. The van der Waals surface area contributed by atoms with Gasteiger partial charge in [0.2, 0.25) is 0 Å². The lowest BCUT2D eigenvalue weighted by Crippen LogP contribution is -2.31. The van der Waals surface area contributed by atoms with E-state index in [4.69, 9.17) is 9.47 Å². The van der Waals surface area contributed by atoms with Gasteiger partial charge in [-0.3, -0.25) is 10.1 Å². The molecule has 3 rings (SSSR count). The Morgan fingerprint density at radius 2 is 1.76 bits per heavy atom. The van der Waals surface area contributed by atoms with Crippen molar-refractivity contribution in [1.29, 1.82) is 0 Å². The number of hydrogen-bond donors (Lipinski definition) is 1. The molecule has 0 spiro atoms. The SMILES string of the molecule is COc1ccc(O[C@H](C)C(=O)Nc2nnnn2-c2ccccc2)cc1. The van der Waals surface area contributed by atoms with Gasteiger partial charge in [0.15, 0.2) is 6.10 Å². The van der Waals surface area contributed by atoms with Crippen LogP contribution in [0.5, 0.6) is 11.5 Å². The van der Waals surface area contributed by atoms with E-state index in [9.17, 15) is 4.79 Å². The predicted molar refractivity (Wildman–Crippen MR) is 90.9 cm³/mol. The van der Waals surface area contributed by atoms with E-state index in [1.165, 1.54) is 4.68 Å². The Bertz CT molecular complexity index is 833. The number of ether oxygens (including phenoxy) is 2. The van der Waals surface area contributed by atoms with Crippen molar-refractivity contribution < 1.29 is 14.3 Å². The Morgan fingerprint density at radius 1 is 1.08 bits per heavy atom. The van der Waals surface area contributed by atoms with Gasteiger partial charge in [-0.1, -0.05) is 23.3 Å². The lowest BCUT2D eigenvalue weighted by molar-refractivity contribution is -0.122. The van der Waals surface area contributed by atoms with Crippen LogP contribution in [-0.4, -0.2) is 39.3 Å². The number of benzene rings is 2. The van der Waals surface area contributed by atoms with Gasteiger partial charge in [0.05, 0.1) is 12.8 Å². The first-order chi connectivity index (χ1) is 12.2. The molecule has 0 saturated heterocycles. The number of rotatable bonds is 6. The van der Waals surface area contributed by atoms with Crippen molar-refractivity contribution in [2.24, 2.45) is 0 Å². The van der Waals surface area contributed by atoms with Crippen molar-refractivity contribution >= 4 is 11.9 Å². The van der Waals surface area contributed by atoms with Crippen molar-refractivity contribution in [3.05, 3.63) is 54.6 Å². The molecule has 0 saturated carbocycles. The normalized spacial score (nSPS) is 11.6. The Balaban J connectivity index is 1.67. The topological polar surface area (TPSA) is 91.2 Å². The summed E-state index contributed by atoms with van der Waals surface area (Å²) >= 11 is 0. The average Bonchev–Trinajstić information content (AvgIpc) is 3.11. The fraction of sp³-hybridized carbons (Fsp3) is 0.176. The number of amides is 1. The summed E-state index contributed by atoms with van der Waals surface area (Å²) < 4.78 is 12.2. The standard InChI is InChI=1S/C17H17N5O3/c1-12(25-15-10-8-14(24-2)9-11-15)16(23)18-17-19-20-21-22(17)13-6-4-3-5-7-13/h3-12H,1-2H3,(H,18,19,21,23)/t12-/m1/s1. The second-order valence-electron chi connectivity index (χ2n) is 5.17. The first-order valence-corrected chi connectivity index (χ1v) is 7.63. The van der Waals surface area contributed by atoms with Crippen LogP contribution in [0.25, 0.3) is 5.69 Å². The smallest absolute Gasteiger partial charge is 0.267 e. The van der Waals surface area contributed by atoms with Crippen LogP contribution in [-0.2, 0) is 4.79 Å². The number of carbonyl (C=O) groups is 1. The van der Waals surface area contributed by atoms with Crippen molar-refractivity contribution in [3.8, 4) is 17.2 Å². The zero-order chi connectivity index (χ0) is 17.6. The van der Waals surface area contributed by atoms with Crippen LogP contribution in [0.4, 0.5) is 5.95 Å². The third-order valence-corrected chi connectivity index (χ3v) is 3.45. The van der Waals surface area contributed by atoms with Crippen LogP contribution in [0.1, 0.15) is 6.92 Å². The van der Waals surface area contributed by atoms with E-state index < -0.39 is 6.10 Å². The van der Waals surface area contributed by atoms with Gasteiger partial charge in [-0.25, -0.2) is 0 Å². The van der Waals surface area contributed by atoms with Crippen LogP contribution >= 0.6 is 0 Å². The molecule has 0 aliphatic rings. The van der Waals surface area contributed by atoms with Gasteiger partial charge in [-0.2, -0.15) is 4.68 Å². The third kappa shape index (κ3) is 3.92. The molecule has 8 heteroatoms. The predicted octanol–water partition coefficient (Wildman–Crippen LogP) is 2.08. The number of carbonyl (C=O) groups excluding carboxylic acids is 1. The number of aromatic nitrogens is 4. The van der Waals surface area contributed by atoms with E-state index in [-0.39, 0.29) is 11.9 Å². The lowest BCUT2D eigenvalue weighted by Gasteiger charge is -2.14. The highest BCUT2D eigenvalue weighted by Crippen LogP contribution is 2.18. The van der Waals surface area contributed by atoms with E-state index in [1.54, 1.807) is 38.3 Å². The lowest BCUT2D eigenvalue weighted by atomic mass is 10.3. The number of anilines is 1. The summed E-state index contributed by atoms with van der Waals surface area (Å²) in [6.07, 6.45) is -0.727. The molecular weight excluding hydrogens is 322 g/mol. The highest BCUT2D eigenvalue weighted by molar-refractivity contribution is 5.92. The number of para-hydroxylation sites is 1. The second-order valence-corrected chi connectivity index (χ2v) is 5.17. The highest BCUT2D eigenvalue weighted by atomic mass is 16.5. The number of nitrogens with zero attached hydrogens (tertiary/aromatic N) is 4. The minimum Gasteiger partial charge on any atom is -0.497 e. The monoisotopic (exact) mass is 339 g/mol. The van der Waals surface area contributed by atoms with Gasteiger partial charge in [0.1, 0.15) is 11.5 Å². The minimum absolute atomic E-state index is 0.224. The Labute approximate surface area is 144 Å². The van der Waals surface area contributed by atoms with Crippen molar-refractivity contribution in [3.63, 3.8) is 0 Å². The fourth-order valence-corrected chi connectivity index (χ4v) is 2.13. The van der Waals surface area contributed by atoms with Crippen LogP contribution in [0.2, 0.25) is 0 Å². The van der Waals surface area contributed by atoms with Gasteiger partial charge in [-0.15, -0.1) is 0 Å². The summed E-state index contributed by atoms with van der Waals surface area (Å²) in [5.74, 6) is 1.14. The van der Waals surface area contributed by atoms with E-state index in [0.717, 1.165) is 5.69 Å². The van der Waals surface area contributed by atoms with Crippen LogP contribution < -0.4 is 14.8 Å². The Hall–Kier alpha value is -3.42. The molecule has 2 aromatic carbocycles. The second kappa shape index (κ2) is 7.43. The van der Waals surface area contributed by atoms with E-state index in [2.05, 4.69) is 20.8 Å². The Kier molecular flexibility index (Phi) is 4.89. The van der Waals surface area contributed by atoms with Gasteiger partial charge in [0, 0.05) is 0 Å². The number of methoxy groups -OCH3 is 1. The fourth-order valence-electron chi connectivity index (χ4n) is 2.13. The summed E-state index contributed by atoms with van der Waals surface area (Å²) in [5.41, 5.74) is 0.742. The summed E-state index contributed by atoms with van der Waals surface area (Å²) in [4.78, 5) is 12.4. The summed E-state index contributed by atoms with van der Waals surface area (Å²) in [6, 6.07) is 16.3. The summed E-state index contributed by atoms with van der Waals surface area (Å²) in [6.45, 7) is 1.65. The molecule has 0 fully saturated rings. The van der Waals surface area contributed by atoms with Gasteiger partial charge in [-0.05, 0) is 53.7 Å². The zero-order valence-corrected chi connectivity index (χ0v) is 13.8. The number of hydrogen-bond acceptors (Lipinski definition) is 6. The summed E-state index contributed by atoms with van der Waals surface area (Å²) in [7, 11) is 1.59. The maximum atomic E-state index is 12.4. The highest BCUT2D eigenvalue weighted by Gasteiger charge is 2.18. The molecule has 1 aromatic heterocycles. The molecule has 8 nitrogen and oxygen atoms in total. The first-order valence-electron chi connectivity index (χ1n) is 7.63. The first kappa shape index (κ1) is 16.4. The molecule has 0 unspecified atom stereocenters. The average molecular weight is 339 g/mol. The van der Waals surface area contributed by atoms with E-state index in [1.807, 2.05) is 30.3 Å². The van der Waals surface area contributed by atoms with E-state index >= 15 is 0 Å². The van der Waals surface area contributed by atoms with Crippen molar-refractivity contribution in [1.82, 2.24) is 20.2 Å². The maximum absolute atomic E-state index is 12.4. The molecule has 0 aliphatic heterocycles. The molecule has 0 radical (unpaired) electrons. The van der Waals surface area contributed by atoms with E-state index in [0.29, 0.717) is 11.5 Å². The van der Waals surface area contributed by atoms with Gasteiger partial charge < -0.3 is 9.47 Å². The quantitative estimate of drug-likeness (QED) is 0.739. The summed E-state index contributed by atoms with van der Waals surface area (Å²) in [5, 5.41) is 14.0. The van der Waals surface area contributed by atoms with Crippen LogP contribution in [0, 0.1) is 0 Å².